The summed E-state index contributed by atoms with van der Waals surface area (Å²) >= 11 is 5.88. The fourth-order valence-corrected chi connectivity index (χ4v) is 1.98. The van der Waals surface area contributed by atoms with E-state index >= 15 is 0 Å². The Morgan fingerprint density at radius 2 is 2.05 bits per heavy atom. The van der Waals surface area contributed by atoms with Gasteiger partial charge in [0, 0.05) is 12.1 Å². The van der Waals surface area contributed by atoms with E-state index < -0.39 is 5.82 Å². The molecular formula is C15H14ClFN2O. The molecule has 0 aliphatic heterocycles. The van der Waals surface area contributed by atoms with Gasteiger partial charge in [0.25, 0.3) is 0 Å². The van der Waals surface area contributed by atoms with E-state index in [1.165, 1.54) is 18.2 Å². The van der Waals surface area contributed by atoms with E-state index in [1.807, 2.05) is 18.2 Å². The molecule has 0 aliphatic carbocycles. The van der Waals surface area contributed by atoms with Crippen LogP contribution >= 0.6 is 11.6 Å². The highest BCUT2D eigenvalue weighted by atomic mass is 35.5. The molecule has 0 saturated carbocycles. The molecule has 0 radical (unpaired) electrons. The minimum atomic E-state index is -0.444. The highest BCUT2D eigenvalue weighted by Crippen LogP contribution is 2.22. The summed E-state index contributed by atoms with van der Waals surface area (Å²) in [5, 5.41) is 2.90. The predicted octanol–water partition coefficient (Wildman–Crippen LogP) is 3.63. The van der Waals surface area contributed by atoms with Gasteiger partial charge in [-0.1, -0.05) is 23.7 Å². The van der Waals surface area contributed by atoms with Gasteiger partial charge in [-0.05, 0) is 42.3 Å². The normalized spacial score (nSPS) is 10.3. The standard InChI is InChI=1S/C15H14ClFN2O/c16-13-6-5-11(17)9-14(13)19-15(20)7-4-10-2-1-3-12(18)8-10/h1-3,5-6,8-9H,4,7,18H2,(H,19,20). The number of carbonyl (C=O) groups excluding carboxylic acids is 1. The van der Waals surface area contributed by atoms with Gasteiger partial charge in [-0.2, -0.15) is 0 Å². The third-order valence-corrected chi connectivity index (χ3v) is 3.12. The van der Waals surface area contributed by atoms with E-state index in [1.54, 1.807) is 6.07 Å². The first kappa shape index (κ1) is 14.3. The lowest BCUT2D eigenvalue weighted by Gasteiger charge is -2.07. The first-order valence-corrected chi connectivity index (χ1v) is 6.52. The van der Waals surface area contributed by atoms with Crippen molar-refractivity contribution in [2.45, 2.75) is 12.8 Å². The van der Waals surface area contributed by atoms with Crippen LogP contribution in [0.2, 0.25) is 5.02 Å². The van der Waals surface area contributed by atoms with Crippen LogP contribution in [-0.4, -0.2) is 5.91 Å². The van der Waals surface area contributed by atoms with Crippen molar-refractivity contribution in [1.29, 1.82) is 0 Å². The summed E-state index contributed by atoms with van der Waals surface area (Å²) in [6.07, 6.45) is 0.833. The number of halogens is 2. The van der Waals surface area contributed by atoms with Gasteiger partial charge in [0.2, 0.25) is 5.91 Å². The molecule has 2 aromatic rings. The van der Waals surface area contributed by atoms with Crippen LogP contribution in [0.3, 0.4) is 0 Å². The van der Waals surface area contributed by atoms with Crippen molar-refractivity contribution < 1.29 is 9.18 Å². The topological polar surface area (TPSA) is 55.1 Å². The number of anilines is 2. The number of nitrogens with two attached hydrogens (primary N) is 1. The molecule has 0 aliphatic rings. The molecule has 104 valence electrons. The number of hydrogen-bond donors (Lipinski definition) is 2. The second-order valence-electron chi connectivity index (χ2n) is 4.42. The van der Waals surface area contributed by atoms with Crippen LogP contribution in [0.15, 0.2) is 42.5 Å². The van der Waals surface area contributed by atoms with Gasteiger partial charge in [0.15, 0.2) is 0 Å². The molecule has 3 nitrogen and oxygen atoms in total. The van der Waals surface area contributed by atoms with E-state index in [4.69, 9.17) is 17.3 Å². The fraction of sp³-hybridized carbons (Fsp3) is 0.133. The summed E-state index contributed by atoms with van der Waals surface area (Å²) < 4.78 is 13.1. The number of aryl methyl sites for hydroxylation is 1. The van der Waals surface area contributed by atoms with Gasteiger partial charge in [-0.25, -0.2) is 4.39 Å². The van der Waals surface area contributed by atoms with E-state index in [2.05, 4.69) is 5.32 Å². The molecule has 0 aromatic heterocycles. The lowest BCUT2D eigenvalue weighted by molar-refractivity contribution is -0.116. The number of benzene rings is 2. The molecule has 0 fully saturated rings. The van der Waals surface area contributed by atoms with Gasteiger partial charge in [-0.15, -0.1) is 0 Å². The monoisotopic (exact) mass is 292 g/mol. The Balaban J connectivity index is 1.94. The van der Waals surface area contributed by atoms with Gasteiger partial charge in [-0.3, -0.25) is 4.79 Å². The average molecular weight is 293 g/mol. The van der Waals surface area contributed by atoms with E-state index in [9.17, 15) is 9.18 Å². The quantitative estimate of drug-likeness (QED) is 0.846. The molecular weight excluding hydrogens is 279 g/mol. The first-order valence-electron chi connectivity index (χ1n) is 6.14. The number of rotatable bonds is 4. The van der Waals surface area contributed by atoms with Crippen molar-refractivity contribution in [3.8, 4) is 0 Å². The molecule has 1 amide bonds. The van der Waals surface area contributed by atoms with Crippen molar-refractivity contribution in [2.24, 2.45) is 0 Å². The molecule has 0 bridgehead atoms. The summed E-state index contributed by atoms with van der Waals surface area (Å²) in [5.74, 6) is -0.666. The number of amides is 1. The van der Waals surface area contributed by atoms with Crippen LogP contribution in [0.25, 0.3) is 0 Å². The molecule has 2 aromatic carbocycles. The third-order valence-electron chi connectivity index (χ3n) is 2.79. The molecule has 0 saturated heterocycles. The van der Waals surface area contributed by atoms with E-state index in [-0.39, 0.29) is 18.0 Å². The summed E-state index contributed by atoms with van der Waals surface area (Å²) in [4.78, 5) is 11.8. The van der Waals surface area contributed by atoms with Crippen LogP contribution in [0.4, 0.5) is 15.8 Å². The lowest BCUT2D eigenvalue weighted by atomic mass is 10.1. The Labute approximate surface area is 121 Å². The maximum absolute atomic E-state index is 13.1. The molecule has 2 rings (SSSR count). The predicted molar refractivity (Wildman–Crippen MR) is 79.2 cm³/mol. The summed E-state index contributed by atoms with van der Waals surface area (Å²) in [6, 6.07) is 11.2. The minimum Gasteiger partial charge on any atom is -0.399 e. The zero-order valence-electron chi connectivity index (χ0n) is 10.7. The van der Waals surface area contributed by atoms with E-state index in [0.717, 1.165) is 5.56 Å². The maximum Gasteiger partial charge on any atom is 0.224 e. The lowest BCUT2D eigenvalue weighted by Crippen LogP contribution is -2.12. The van der Waals surface area contributed by atoms with Crippen LogP contribution < -0.4 is 11.1 Å². The fourth-order valence-electron chi connectivity index (χ4n) is 1.81. The Hall–Kier alpha value is -2.07. The van der Waals surface area contributed by atoms with Crippen molar-refractivity contribution in [3.05, 3.63) is 58.9 Å². The average Bonchev–Trinajstić information content (AvgIpc) is 2.41. The van der Waals surface area contributed by atoms with Crippen molar-refractivity contribution in [1.82, 2.24) is 0 Å². The summed E-state index contributed by atoms with van der Waals surface area (Å²) in [6.45, 7) is 0. The van der Waals surface area contributed by atoms with Gasteiger partial charge >= 0.3 is 0 Å². The van der Waals surface area contributed by atoms with Crippen LogP contribution in [0.5, 0.6) is 0 Å². The van der Waals surface area contributed by atoms with Crippen LogP contribution in [0, 0.1) is 5.82 Å². The molecule has 0 unspecified atom stereocenters. The maximum atomic E-state index is 13.1. The number of carbonyl (C=O) groups is 1. The van der Waals surface area contributed by atoms with Crippen LogP contribution in [-0.2, 0) is 11.2 Å². The Bertz CT molecular complexity index is 631. The van der Waals surface area contributed by atoms with Crippen LogP contribution in [0.1, 0.15) is 12.0 Å². The first-order chi connectivity index (χ1) is 9.54. The number of nitrogen functional groups attached to an aromatic ring is 1. The molecule has 0 atom stereocenters. The second kappa shape index (κ2) is 6.39. The molecule has 0 spiro atoms. The molecule has 3 N–H and O–H groups in total. The second-order valence-corrected chi connectivity index (χ2v) is 4.82. The van der Waals surface area contributed by atoms with Gasteiger partial charge < -0.3 is 11.1 Å². The number of hydrogen-bond acceptors (Lipinski definition) is 2. The van der Waals surface area contributed by atoms with Gasteiger partial charge in [0.1, 0.15) is 5.82 Å². The highest BCUT2D eigenvalue weighted by Gasteiger charge is 2.07. The van der Waals surface area contributed by atoms with Crippen molar-refractivity contribution in [3.63, 3.8) is 0 Å². The SMILES string of the molecule is Nc1cccc(CCC(=O)Nc2cc(F)ccc2Cl)c1. The van der Waals surface area contributed by atoms with Gasteiger partial charge in [0.05, 0.1) is 10.7 Å². The Kier molecular flexibility index (Phi) is 4.58. The van der Waals surface area contributed by atoms with E-state index in [0.29, 0.717) is 17.1 Å². The minimum absolute atomic E-state index is 0.222. The molecule has 5 heteroatoms. The Morgan fingerprint density at radius 1 is 1.25 bits per heavy atom. The van der Waals surface area contributed by atoms with Crippen molar-refractivity contribution in [2.75, 3.05) is 11.1 Å². The smallest absolute Gasteiger partial charge is 0.224 e. The largest absolute Gasteiger partial charge is 0.399 e. The number of nitrogens with one attached hydrogen (secondary N) is 1. The Morgan fingerprint density at radius 3 is 2.80 bits per heavy atom. The summed E-state index contributed by atoms with van der Waals surface area (Å²) in [5.41, 5.74) is 7.59. The highest BCUT2D eigenvalue weighted by molar-refractivity contribution is 6.33. The molecule has 20 heavy (non-hydrogen) atoms. The molecule has 0 heterocycles. The third kappa shape index (κ3) is 3.96. The zero-order chi connectivity index (χ0) is 14.5. The zero-order valence-corrected chi connectivity index (χ0v) is 11.5. The summed E-state index contributed by atoms with van der Waals surface area (Å²) in [7, 11) is 0. The van der Waals surface area contributed by atoms with Crippen molar-refractivity contribution >= 4 is 28.9 Å².